The second-order valence-corrected chi connectivity index (χ2v) is 6.83. The van der Waals surface area contributed by atoms with Gasteiger partial charge in [-0.25, -0.2) is 4.79 Å². The van der Waals surface area contributed by atoms with Gasteiger partial charge in [0, 0.05) is 19.6 Å². The van der Waals surface area contributed by atoms with Gasteiger partial charge in [-0.2, -0.15) is 0 Å². The molecule has 2 N–H and O–H groups in total. The molecule has 0 aliphatic carbocycles. The molecule has 1 aliphatic rings. The molecular weight excluding hydrogens is 280 g/mol. The fraction of sp³-hybridized carbons (Fsp3) is 0.588. The fourth-order valence-electron chi connectivity index (χ4n) is 2.61. The average molecular weight is 306 g/mol. The molecule has 22 heavy (non-hydrogen) atoms. The lowest BCUT2D eigenvalue weighted by Gasteiger charge is -2.36. The first-order valence-electron chi connectivity index (χ1n) is 7.77. The monoisotopic (exact) mass is 306 g/mol. The van der Waals surface area contributed by atoms with Crippen LogP contribution in [0.5, 0.6) is 0 Å². The number of nitrogens with zero attached hydrogens (tertiary/aromatic N) is 1. The van der Waals surface area contributed by atoms with Gasteiger partial charge in [0.15, 0.2) is 0 Å². The number of alkyl carbamates (subject to hydrolysis) is 1. The minimum absolute atomic E-state index is 0.248. The summed E-state index contributed by atoms with van der Waals surface area (Å²) >= 11 is 0. The summed E-state index contributed by atoms with van der Waals surface area (Å²) in [7, 11) is 0. The van der Waals surface area contributed by atoms with Crippen molar-refractivity contribution >= 4 is 6.09 Å². The zero-order valence-corrected chi connectivity index (χ0v) is 13.6. The van der Waals surface area contributed by atoms with E-state index in [1.165, 1.54) is 5.56 Å². The molecule has 0 unspecified atom stereocenters. The standard InChI is InChI=1S/C17H26N2O3/c1-17(2,3)22-16(21)18-14-9-10-19(12-15(14)20)11-13-7-5-4-6-8-13/h4-8,14-15,20H,9-12H2,1-3H3,(H,18,21)/t14-,15-/m0/s1. The molecule has 2 atom stereocenters. The first-order chi connectivity index (χ1) is 10.3. The molecule has 0 saturated carbocycles. The van der Waals surface area contributed by atoms with Crippen molar-refractivity contribution in [1.82, 2.24) is 10.2 Å². The minimum Gasteiger partial charge on any atom is -0.444 e. The molecule has 1 heterocycles. The SMILES string of the molecule is CC(C)(C)OC(=O)N[C@H]1CCN(Cc2ccccc2)C[C@@H]1O. The normalized spacial score (nSPS) is 23.1. The van der Waals surface area contributed by atoms with Crippen LogP contribution >= 0.6 is 0 Å². The zero-order chi connectivity index (χ0) is 16.2. The quantitative estimate of drug-likeness (QED) is 0.898. The van der Waals surface area contributed by atoms with Crippen LogP contribution in [-0.2, 0) is 11.3 Å². The molecule has 0 spiro atoms. The maximum absolute atomic E-state index is 11.8. The molecular formula is C17H26N2O3. The number of hydrogen-bond acceptors (Lipinski definition) is 4. The van der Waals surface area contributed by atoms with Crippen LogP contribution in [0.3, 0.4) is 0 Å². The molecule has 0 radical (unpaired) electrons. The molecule has 122 valence electrons. The first-order valence-corrected chi connectivity index (χ1v) is 7.77. The number of nitrogens with one attached hydrogen (secondary N) is 1. The van der Waals surface area contributed by atoms with E-state index in [9.17, 15) is 9.90 Å². The Kier molecular flexibility index (Phi) is 5.42. The molecule has 1 fully saturated rings. The van der Waals surface area contributed by atoms with Gasteiger partial charge >= 0.3 is 6.09 Å². The second kappa shape index (κ2) is 7.11. The van der Waals surface area contributed by atoms with Crippen LogP contribution in [0.4, 0.5) is 4.79 Å². The number of hydrogen-bond donors (Lipinski definition) is 2. The third-order valence-electron chi connectivity index (χ3n) is 3.62. The minimum atomic E-state index is -0.579. The van der Waals surface area contributed by atoms with Crippen molar-refractivity contribution in [2.45, 2.75) is 51.5 Å². The summed E-state index contributed by atoms with van der Waals surface area (Å²) in [6.45, 7) is 7.68. The predicted molar refractivity (Wildman–Crippen MR) is 85.5 cm³/mol. The Morgan fingerprint density at radius 2 is 2.05 bits per heavy atom. The van der Waals surface area contributed by atoms with Crippen molar-refractivity contribution in [3.63, 3.8) is 0 Å². The highest BCUT2D eigenvalue weighted by atomic mass is 16.6. The van der Waals surface area contributed by atoms with Crippen molar-refractivity contribution in [3.05, 3.63) is 35.9 Å². The summed E-state index contributed by atoms with van der Waals surface area (Å²) in [6, 6.07) is 9.94. The van der Waals surface area contributed by atoms with Gasteiger partial charge in [0.05, 0.1) is 12.1 Å². The van der Waals surface area contributed by atoms with Crippen molar-refractivity contribution in [2.75, 3.05) is 13.1 Å². The van der Waals surface area contributed by atoms with E-state index in [0.29, 0.717) is 13.0 Å². The van der Waals surface area contributed by atoms with Gasteiger partial charge in [0.1, 0.15) is 5.60 Å². The summed E-state index contributed by atoms with van der Waals surface area (Å²) in [5, 5.41) is 13.0. The largest absolute Gasteiger partial charge is 0.444 e. The molecule has 5 nitrogen and oxygen atoms in total. The Morgan fingerprint density at radius 1 is 1.36 bits per heavy atom. The third-order valence-corrected chi connectivity index (χ3v) is 3.62. The topological polar surface area (TPSA) is 61.8 Å². The van der Waals surface area contributed by atoms with Crippen molar-refractivity contribution in [1.29, 1.82) is 0 Å². The maximum atomic E-state index is 11.8. The zero-order valence-electron chi connectivity index (χ0n) is 13.6. The summed E-state index contributed by atoms with van der Waals surface area (Å²) < 4.78 is 5.24. The molecule has 1 aromatic carbocycles. The van der Waals surface area contributed by atoms with Crippen LogP contribution in [0.1, 0.15) is 32.8 Å². The third kappa shape index (κ3) is 5.31. The van der Waals surface area contributed by atoms with E-state index in [1.54, 1.807) is 0 Å². The smallest absolute Gasteiger partial charge is 0.407 e. The highest BCUT2D eigenvalue weighted by molar-refractivity contribution is 5.68. The highest BCUT2D eigenvalue weighted by Crippen LogP contribution is 2.15. The van der Waals surface area contributed by atoms with E-state index in [2.05, 4.69) is 22.3 Å². The number of ether oxygens (including phenoxy) is 1. The van der Waals surface area contributed by atoms with Gasteiger partial charge in [-0.15, -0.1) is 0 Å². The van der Waals surface area contributed by atoms with Gasteiger partial charge in [-0.3, -0.25) is 4.90 Å². The van der Waals surface area contributed by atoms with E-state index in [0.717, 1.165) is 13.1 Å². The number of β-amino-alcohol motifs (C(OH)–C–C–N with tert-alkyl or cyclic N) is 1. The lowest BCUT2D eigenvalue weighted by molar-refractivity contribution is 0.0183. The summed E-state index contributed by atoms with van der Waals surface area (Å²) in [4.78, 5) is 14.0. The lowest BCUT2D eigenvalue weighted by atomic mass is 10.0. The summed E-state index contributed by atoms with van der Waals surface area (Å²) in [5.74, 6) is 0. The number of aliphatic hydroxyl groups excluding tert-OH is 1. The van der Waals surface area contributed by atoms with Crippen LogP contribution < -0.4 is 5.32 Å². The van der Waals surface area contributed by atoms with E-state index in [4.69, 9.17) is 4.74 Å². The van der Waals surface area contributed by atoms with Crippen molar-refractivity contribution in [3.8, 4) is 0 Å². The van der Waals surface area contributed by atoms with E-state index in [-0.39, 0.29) is 6.04 Å². The van der Waals surface area contributed by atoms with Crippen molar-refractivity contribution in [2.24, 2.45) is 0 Å². The summed E-state index contributed by atoms with van der Waals surface area (Å²) in [5.41, 5.74) is 0.705. The lowest BCUT2D eigenvalue weighted by Crippen LogP contribution is -2.54. The van der Waals surface area contributed by atoms with E-state index < -0.39 is 17.8 Å². The molecule has 1 aromatic rings. The Hall–Kier alpha value is -1.59. The van der Waals surface area contributed by atoms with E-state index in [1.807, 2.05) is 39.0 Å². The van der Waals surface area contributed by atoms with Crippen LogP contribution in [0.2, 0.25) is 0 Å². The van der Waals surface area contributed by atoms with Gasteiger partial charge in [0.25, 0.3) is 0 Å². The van der Waals surface area contributed by atoms with Crippen molar-refractivity contribution < 1.29 is 14.6 Å². The van der Waals surface area contributed by atoms with Gasteiger partial charge in [-0.1, -0.05) is 30.3 Å². The number of rotatable bonds is 3. The molecule has 1 saturated heterocycles. The molecule has 1 amide bonds. The Morgan fingerprint density at radius 3 is 2.64 bits per heavy atom. The van der Waals surface area contributed by atoms with Crippen LogP contribution in [-0.4, -0.2) is 46.9 Å². The Bertz CT molecular complexity index is 484. The molecule has 0 aromatic heterocycles. The number of benzene rings is 1. The molecule has 2 rings (SSSR count). The predicted octanol–water partition coefficient (Wildman–Crippen LogP) is 2.15. The van der Waals surface area contributed by atoms with Gasteiger partial charge in [-0.05, 0) is 32.8 Å². The molecule has 5 heteroatoms. The number of aliphatic hydroxyl groups is 1. The molecule has 1 aliphatic heterocycles. The Labute approximate surface area is 132 Å². The number of amides is 1. The van der Waals surface area contributed by atoms with E-state index >= 15 is 0 Å². The maximum Gasteiger partial charge on any atom is 0.407 e. The number of piperidine rings is 1. The van der Waals surface area contributed by atoms with Crippen LogP contribution in [0.15, 0.2) is 30.3 Å². The number of carbonyl (C=O) groups excluding carboxylic acids is 1. The van der Waals surface area contributed by atoms with Gasteiger partial charge in [0.2, 0.25) is 0 Å². The highest BCUT2D eigenvalue weighted by Gasteiger charge is 2.30. The second-order valence-electron chi connectivity index (χ2n) is 6.83. The Balaban J connectivity index is 1.81. The first kappa shape index (κ1) is 16.8. The number of carbonyl (C=O) groups is 1. The van der Waals surface area contributed by atoms with Gasteiger partial charge < -0.3 is 15.2 Å². The average Bonchev–Trinajstić information content (AvgIpc) is 2.41. The molecule has 0 bridgehead atoms. The summed E-state index contributed by atoms with van der Waals surface area (Å²) in [6.07, 6.45) is -0.328. The van der Waals surface area contributed by atoms with Crippen LogP contribution in [0.25, 0.3) is 0 Å². The fourth-order valence-corrected chi connectivity index (χ4v) is 2.61. The number of likely N-dealkylation sites (tertiary alicyclic amines) is 1. The van der Waals surface area contributed by atoms with Crippen LogP contribution in [0, 0.1) is 0 Å².